The van der Waals surface area contributed by atoms with Crippen LogP contribution < -0.4 is 10.2 Å². The summed E-state index contributed by atoms with van der Waals surface area (Å²) < 4.78 is 0. The highest BCUT2D eigenvalue weighted by atomic mass is 35.5. The number of nitrogens with one attached hydrogen (secondary N) is 1. The van der Waals surface area contributed by atoms with E-state index < -0.39 is 0 Å². The molecular weight excluding hydrogens is 319 g/mol. The Morgan fingerprint density at radius 3 is 2.64 bits per heavy atom. The number of anilines is 3. The van der Waals surface area contributed by atoms with E-state index in [2.05, 4.69) is 20.2 Å². The maximum absolute atomic E-state index is 6.22. The Balaban J connectivity index is 1.87. The minimum atomic E-state index is 0.500. The molecule has 1 aromatic heterocycles. The van der Waals surface area contributed by atoms with Gasteiger partial charge in [-0.2, -0.15) is 4.98 Å². The van der Waals surface area contributed by atoms with Gasteiger partial charge in [0.05, 0.1) is 15.7 Å². The van der Waals surface area contributed by atoms with Crippen molar-refractivity contribution in [1.29, 1.82) is 0 Å². The molecule has 0 amide bonds. The van der Waals surface area contributed by atoms with Gasteiger partial charge in [-0.3, -0.25) is 0 Å². The predicted molar refractivity (Wildman–Crippen MR) is 92.6 cm³/mol. The molecule has 0 unspecified atom stereocenters. The first-order chi connectivity index (χ1) is 10.6. The molecule has 22 heavy (non-hydrogen) atoms. The molecule has 116 valence electrons. The van der Waals surface area contributed by atoms with Crippen LogP contribution in [0.25, 0.3) is 0 Å². The molecule has 3 rings (SSSR count). The fourth-order valence-corrected chi connectivity index (χ4v) is 2.94. The van der Waals surface area contributed by atoms with Gasteiger partial charge >= 0.3 is 0 Å². The summed E-state index contributed by atoms with van der Waals surface area (Å²) in [5, 5.41) is 4.26. The Bertz CT molecular complexity index is 669. The first kappa shape index (κ1) is 15.4. The van der Waals surface area contributed by atoms with Crippen molar-refractivity contribution in [1.82, 2.24) is 9.97 Å². The van der Waals surface area contributed by atoms with E-state index >= 15 is 0 Å². The third-order valence-corrected chi connectivity index (χ3v) is 4.51. The van der Waals surface area contributed by atoms with Crippen molar-refractivity contribution < 1.29 is 0 Å². The molecule has 1 fully saturated rings. The van der Waals surface area contributed by atoms with Gasteiger partial charge in [-0.15, -0.1) is 0 Å². The molecule has 2 aromatic rings. The van der Waals surface area contributed by atoms with Crippen LogP contribution in [0.1, 0.15) is 25.0 Å². The van der Waals surface area contributed by atoms with Crippen LogP contribution in [0.3, 0.4) is 0 Å². The third kappa shape index (κ3) is 3.45. The van der Waals surface area contributed by atoms with Crippen molar-refractivity contribution in [3.05, 3.63) is 40.0 Å². The minimum Gasteiger partial charge on any atom is -0.341 e. The van der Waals surface area contributed by atoms with E-state index in [0.717, 1.165) is 36.2 Å². The molecule has 4 nitrogen and oxygen atoms in total. The minimum absolute atomic E-state index is 0.500. The van der Waals surface area contributed by atoms with E-state index in [-0.39, 0.29) is 0 Å². The zero-order valence-electron chi connectivity index (χ0n) is 12.4. The maximum Gasteiger partial charge on any atom is 0.227 e. The standard InChI is InChI=1S/C16H18Cl2N4/c1-11-10-14(20-13-7-5-6-12(17)15(13)18)21-16(19-11)22-8-3-2-4-9-22/h5-7,10H,2-4,8-9H2,1H3,(H,19,20,21). The fourth-order valence-electron chi connectivity index (χ4n) is 2.59. The van der Waals surface area contributed by atoms with E-state index in [0.29, 0.717) is 10.0 Å². The van der Waals surface area contributed by atoms with Crippen molar-refractivity contribution in [2.45, 2.75) is 26.2 Å². The summed E-state index contributed by atoms with van der Waals surface area (Å²) in [7, 11) is 0. The van der Waals surface area contributed by atoms with Crippen LogP contribution in [0, 0.1) is 6.92 Å². The molecule has 1 aromatic carbocycles. The summed E-state index contributed by atoms with van der Waals surface area (Å²) in [6.07, 6.45) is 3.67. The first-order valence-electron chi connectivity index (χ1n) is 7.45. The van der Waals surface area contributed by atoms with Crippen LogP contribution in [0.5, 0.6) is 0 Å². The van der Waals surface area contributed by atoms with Crippen molar-refractivity contribution in [2.75, 3.05) is 23.3 Å². The Kier molecular flexibility index (Phi) is 4.69. The van der Waals surface area contributed by atoms with E-state index in [9.17, 15) is 0 Å². The predicted octanol–water partition coefficient (Wildman–Crippen LogP) is 4.83. The number of hydrogen-bond acceptors (Lipinski definition) is 4. The fraction of sp³-hybridized carbons (Fsp3) is 0.375. The van der Waals surface area contributed by atoms with Gasteiger partial charge in [0.1, 0.15) is 5.82 Å². The van der Waals surface area contributed by atoms with Gasteiger partial charge in [0.2, 0.25) is 5.95 Å². The van der Waals surface area contributed by atoms with Crippen molar-refractivity contribution in [3.63, 3.8) is 0 Å². The van der Waals surface area contributed by atoms with Crippen molar-refractivity contribution in [3.8, 4) is 0 Å². The van der Waals surface area contributed by atoms with Crippen LogP contribution in [0.15, 0.2) is 24.3 Å². The number of hydrogen-bond donors (Lipinski definition) is 1. The largest absolute Gasteiger partial charge is 0.341 e. The lowest BCUT2D eigenvalue weighted by Crippen LogP contribution is -2.31. The van der Waals surface area contributed by atoms with Crippen LogP contribution in [-0.2, 0) is 0 Å². The molecule has 0 saturated carbocycles. The molecule has 1 saturated heterocycles. The number of aromatic nitrogens is 2. The molecule has 0 atom stereocenters. The second-order valence-electron chi connectivity index (χ2n) is 5.47. The van der Waals surface area contributed by atoms with Gasteiger partial charge < -0.3 is 10.2 Å². The van der Waals surface area contributed by atoms with Crippen LogP contribution in [-0.4, -0.2) is 23.1 Å². The molecule has 1 N–H and O–H groups in total. The quantitative estimate of drug-likeness (QED) is 0.871. The van der Waals surface area contributed by atoms with Gasteiger partial charge in [-0.25, -0.2) is 4.98 Å². The molecule has 1 aliphatic heterocycles. The summed E-state index contributed by atoms with van der Waals surface area (Å²) in [4.78, 5) is 11.4. The van der Waals surface area contributed by atoms with Gasteiger partial charge in [0.15, 0.2) is 0 Å². The lowest BCUT2D eigenvalue weighted by molar-refractivity contribution is 0.568. The Hall–Kier alpha value is -1.52. The summed E-state index contributed by atoms with van der Waals surface area (Å²) in [5.74, 6) is 1.51. The average molecular weight is 337 g/mol. The monoisotopic (exact) mass is 336 g/mol. The number of nitrogens with zero attached hydrogens (tertiary/aromatic N) is 3. The lowest BCUT2D eigenvalue weighted by Gasteiger charge is -2.27. The molecule has 0 bridgehead atoms. The second kappa shape index (κ2) is 6.71. The van der Waals surface area contributed by atoms with Crippen molar-refractivity contribution in [2.24, 2.45) is 0 Å². The molecule has 6 heteroatoms. The normalized spacial score (nSPS) is 15.0. The molecule has 1 aliphatic rings. The topological polar surface area (TPSA) is 41.1 Å². The van der Waals surface area contributed by atoms with Gasteiger partial charge in [0, 0.05) is 24.8 Å². The first-order valence-corrected chi connectivity index (χ1v) is 8.21. The highest BCUT2D eigenvalue weighted by molar-refractivity contribution is 6.43. The van der Waals surface area contributed by atoms with E-state index in [1.54, 1.807) is 6.07 Å². The van der Waals surface area contributed by atoms with E-state index in [4.69, 9.17) is 23.2 Å². The molecular formula is C16H18Cl2N4. The Morgan fingerprint density at radius 2 is 1.86 bits per heavy atom. The Morgan fingerprint density at radius 1 is 1.09 bits per heavy atom. The molecule has 0 spiro atoms. The highest BCUT2D eigenvalue weighted by Crippen LogP contribution is 2.31. The highest BCUT2D eigenvalue weighted by Gasteiger charge is 2.15. The van der Waals surface area contributed by atoms with Crippen LogP contribution >= 0.6 is 23.2 Å². The summed E-state index contributed by atoms with van der Waals surface area (Å²) in [5.41, 5.74) is 1.67. The summed E-state index contributed by atoms with van der Waals surface area (Å²) >= 11 is 12.3. The van der Waals surface area contributed by atoms with Crippen molar-refractivity contribution >= 4 is 40.7 Å². The zero-order chi connectivity index (χ0) is 15.5. The molecule has 0 radical (unpaired) electrons. The number of piperidine rings is 1. The summed E-state index contributed by atoms with van der Waals surface area (Å²) in [6.45, 7) is 4.00. The van der Waals surface area contributed by atoms with E-state index in [1.807, 2.05) is 25.1 Å². The van der Waals surface area contributed by atoms with Gasteiger partial charge in [-0.1, -0.05) is 29.3 Å². The smallest absolute Gasteiger partial charge is 0.227 e. The lowest BCUT2D eigenvalue weighted by atomic mass is 10.1. The number of aryl methyl sites for hydroxylation is 1. The van der Waals surface area contributed by atoms with E-state index in [1.165, 1.54) is 19.3 Å². The third-order valence-electron chi connectivity index (χ3n) is 3.70. The zero-order valence-corrected chi connectivity index (χ0v) is 14.0. The van der Waals surface area contributed by atoms with Gasteiger partial charge in [0.25, 0.3) is 0 Å². The van der Waals surface area contributed by atoms with Crippen LogP contribution in [0.2, 0.25) is 10.0 Å². The average Bonchev–Trinajstić information content (AvgIpc) is 2.52. The number of rotatable bonds is 3. The Labute approximate surface area is 140 Å². The van der Waals surface area contributed by atoms with Crippen LogP contribution in [0.4, 0.5) is 17.5 Å². The molecule has 0 aliphatic carbocycles. The van der Waals surface area contributed by atoms with Gasteiger partial charge in [-0.05, 0) is 38.3 Å². The number of halogens is 2. The SMILES string of the molecule is Cc1cc(Nc2cccc(Cl)c2Cl)nc(N2CCCCC2)n1. The maximum atomic E-state index is 6.22. The summed E-state index contributed by atoms with van der Waals surface area (Å²) in [6, 6.07) is 7.41. The second-order valence-corrected chi connectivity index (χ2v) is 6.25. The molecule has 2 heterocycles. The number of benzene rings is 1.